The summed E-state index contributed by atoms with van der Waals surface area (Å²) in [6, 6.07) is 0. The van der Waals surface area contributed by atoms with Crippen LogP contribution in [0.5, 0.6) is 0 Å². The number of nitro groups is 1. The van der Waals surface area contributed by atoms with Gasteiger partial charge in [0.2, 0.25) is 5.70 Å². The van der Waals surface area contributed by atoms with Crippen LogP contribution in [0.25, 0.3) is 0 Å². The Morgan fingerprint density at radius 3 is 2.56 bits per heavy atom. The molecule has 7 nitrogen and oxygen atoms in total. The van der Waals surface area contributed by atoms with Gasteiger partial charge in [-0.1, -0.05) is 6.92 Å². The molecule has 0 heterocycles. The molecule has 1 atom stereocenters. The first-order chi connectivity index (χ1) is 8.38. The minimum atomic E-state index is -1.02. The maximum absolute atomic E-state index is 11.3. The SMILES string of the molecule is CCOC(=O)C(C)CC(=CCCC(=O)O)[N+](=O)[O-]. The molecule has 0 aliphatic carbocycles. The monoisotopic (exact) mass is 259 g/mol. The molecular weight excluding hydrogens is 242 g/mol. The minimum absolute atomic E-state index is 0.0640. The van der Waals surface area contributed by atoms with Crippen molar-refractivity contribution in [3.05, 3.63) is 21.9 Å². The molecule has 0 saturated carbocycles. The summed E-state index contributed by atoms with van der Waals surface area (Å²) in [6.07, 6.45) is 1.07. The van der Waals surface area contributed by atoms with Crippen molar-refractivity contribution >= 4 is 11.9 Å². The first kappa shape index (κ1) is 16.1. The van der Waals surface area contributed by atoms with Crippen LogP contribution in [0.4, 0.5) is 0 Å². The minimum Gasteiger partial charge on any atom is -0.481 e. The second kappa shape index (κ2) is 8.21. The summed E-state index contributed by atoms with van der Waals surface area (Å²) in [5, 5.41) is 19.2. The molecule has 0 fully saturated rings. The lowest BCUT2D eigenvalue weighted by molar-refractivity contribution is -0.429. The van der Waals surface area contributed by atoms with Gasteiger partial charge in [-0.2, -0.15) is 0 Å². The van der Waals surface area contributed by atoms with Crippen molar-refractivity contribution in [1.29, 1.82) is 0 Å². The smallest absolute Gasteiger partial charge is 0.309 e. The fraction of sp³-hybridized carbons (Fsp3) is 0.636. The van der Waals surface area contributed by atoms with Gasteiger partial charge >= 0.3 is 11.9 Å². The standard InChI is InChI=1S/C11H17NO6/c1-3-18-11(15)8(2)7-9(12(16)17)5-4-6-10(13)14/h5,8H,3-4,6-7H2,1-2H3,(H,13,14). The quantitative estimate of drug-likeness (QED) is 0.403. The van der Waals surface area contributed by atoms with Crippen molar-refractivity contribution in [2.24, 2.45) is 5.92 Å². The third kappa shape index (κ3) is 6.62. The van der Waals surface area contributed by atoms with Crippen LogP contribution in [0.1, 0.15) is 33.1 Å². The van der Waals surface area contributed by atoms with E-state index in [1.165, 1.54) is 13.0 Å². The summed E-state index contributed by atoms with van der Waals surface area (Å²) in [7, 11) is 0. The second-order valence-electron chi connectivity index (χ2n) is 3.74. The molecule has 0 spiro atoms. The van der Waals surface area contributed by atoms with Gasteiger partial charge in [-0.15, -0.1) is 0 Å². The average Bonchev–Trinajstić information content (AvgIpc) is 2.27. The van der Waals surface area contributed by atoms with E-state index >= 15 is 0 Å². The van der Waals surface area contributed by atoms with Crippen LogP contribution in [0.2, 0.25) is 0 Å². The van der Waals surface area contributed by atoms with Gasteiger partial charge in [-0.25, -0.2) is 0 Å². The Morgan fingerprint density at radius 2 is 2.11 bits per heavy atom. The Kier molecular flexibility index (Phi) is 7.34. The van der Waals surface area contributed by atoms with Crippen molar-refractivity contribution in [2.75, 3.05) is 6.61 Å². The van der Waals surface area contributed by atoms with Crippen LogP contribution in [0.15, 0.2) is 11.8 Å². The van der Waals surface area contributed by atoms with E-state index in [1.807, 2.05) is 0 Å². The van der Waals surface area contributed by atoms with Gasteiger partial charge in [0.15, 0.2) is 0 Å². The number of esters is 1. The molecule has 0 rings (SSSR count). The topological polar surface area (TPSA) is 107 Å². The predicted molar refractivity (Wildman–Crippen MR) is 62.4 cm³/mol. The summed E-state index contributed by atoms with van der Waals surface area (Å²) in [5.41, 5.74) is -0.156. The van der Waals surface area contributed by atoms with Crippen LogP contribution in [0.3, 0.4) is 0 Å². The van der Waals surface area contributed by atoms with E-state index in [0.717, 1.165) is 0 Å². The van der Waals surface area contributed by atoms with Gasteiger partial charge in [0.25, 0.3) is 0 Å². The number of aliphatic carboxylic acids is 1. The maximum Gasteiger partial charge on any atom is 0.309 e. The molecule has 0 aromatic heterocycles. The third-order valence-electron chi connectivity index (χ3n) is 2.18. The fourth-order valence-electron chi connectivity index (χ4n) is 1.28. The zero-order valence-electron chi connectivity index (χ0n) is 10.4. The summed E-state index contributed by atoms with van der Waals surface area (Å²) in [4.78, 5) is 31.7. The molecule has 1 unspecified atom stereocenters. The predicted octanol–water partition coefficient (Wildman–Crippen LogP) is 1.60. The van der Waals surface area contributed by atoms with Gasteiger partial charge < -0.3 is 9.84 Å². The lowest BCUT2D eigenvalue weighted by Crippen LogP contribution is -2.17. The Balaban J connectivity index is 4.48. The molecule has 102 valence electrons. The maximum atomic E-state index is 11.3. The molecule has 0 saturated heterocycles. The van der Waals surface area contributed by atoms with E-state index in [1.54, 1.807) is 6.92 Å². The molecule has 0 aromatic carbocycles. The number of hydrogen-bond donors (Lipinski definition) is 1. The van der Waals surface area contributed by atoms with E-state index in [0.29, 0.717) is 0 Å². The average molecular weight is 259 g/mol. The van der Waals surface area contributed by atoms with Gasteiger partial charge in [0.05, 0.1) is 23.9 Å². The normalized spacial score (nSPS) is 12.9. The van der Waals surface area contributed by atoms with E-state index < -0.39 is 22.8 Å². The number of hydrogen-bond acceptors (Lipinski definition) is 5. The Bertz CT molecular complexity index is 349. The van der Waals surface area contributed by atoms with Crippen molar-refractivity contribution < 1.29 is 24.4 Å². The molecule has 7 heteroatoms. The first-order valence-corrected chi connectivity index (χ1v) is 5.60. The lowest BCUT2D eigenvalue weighted by atomic mass is 10.1. The Labute approximate surface area is 105 Å². The first-order valence-electron chi connectivity index (χ1n) is 5.60. The molecule has 0 aliphatic rings. The van der Waals surface area contributed by atoms with Crippen molar-refractivity contribution in [2.45, 2.75) is 33.1 Å². The zero-order chi connectivity index (χ0) is 14.1. The largest absolute Gasteiger partial charge is 0.481 e. The highest BCUT2D eigenvalue weighted by atomic mass is 16.6. The van der Waals surface area contributed by atoms with Crippen LogP contribution in [-0.2, 0) is 14.3 Å². The Morgan fingerprint density at radius 1 is 1.50 bits per heavy atom. The number of carboxylic acid groups (broad SMARTS) is 1. The van der Waals surface area contributed by atoms with Gasteiger partial charge in [-0.05, 0) is 19.4 Å². The van der Waals surface area contributed by atoms with Crippen LogP contribution in [-0.4, -0.2) is 28.6 Å². The molecule has 0 aromatic rings. The molecule has 0 radical (unpaired) electrons. The molecular formula is C11H17NO6. The fourth-order valence-corrected chi connectivity index (χ4v) is 1.28. The third-order valence-corrected chi connectivity index (χ3v) is 2.18. The highest BCUT2D eigenvalue weighted by Gasteiger charge is 2.21. The van der Waals surface area contributed by atoms with Crippen molar-refractivity contribution in [1.82, 2.24) is 0 Å². The zero-order valence-corrected chi connectivity index (χ0v) is 10.4. The number of carbonyl (C=O) groups is 2. The number of carboxylic acids is 1. The summed E-state index contributed by atoms with van der Waals surface area (Å²) < 4.78 is 4.74. The van der Waals surface area contributed by atoms with E-state index in [4.69, 9.17) is 9.84 Å². The van der Waals surface area contributed by atoms with E-state index in [-0.39, 0.29) is 31.6 Å². The number of carbonyl (C=O) groups excluding carboxylic acids is 1. The number of allylic oxidation sites excluding steroid dienone is 2. The van der Waals surface area contributed by atoms with Gasteiger partial charge in [0, 0.05) is 6.42 Å². The number of ether oxygens (including phenoxy) is 1. The van der Waals surface area contributed by atoms with Crippen LogP contribution >= 0.6 is 0 Å². The number of rotatable bonds is 8. The highest BCUT2D eigenvalue weighted by molar-refractivity contribution is 5.72. The second-order valence-corrected chi connectivity index (χ2v) is 3.74. The number of nitrogens with zero attached hydrogens (tertiary/aromatic N) is 1. The highest BCUT2D eigenvalue weighted by Crippen LogP contribution is 2.15. The van der Waals surface area contributed by atoms with E-state index in [2.05, 4.69) is 0 Å². The van der Waals surface area contributed by atoms with Crippen molar-refractivity contribution in [3.63, 3.8) is 0 Å². The summed E-state index contributed by atoms with van der Waals surface area (Å²) in [6.45, 7) is 3.41. The van der Waals surface area contributed by atoms with Crippen LogP contribution < -0.4 is 0 Å². The molecule has 0 aliphatic heterocycles. The summed E-state index contributed by atoms with van der Waals surface area (Å²) >= 11 is 0. The lowest BCUT2D eigenvalue weighted by Gasteiger charge is -2.08. The van der Waals surface area contributed by atoms with E-state index in [9.17, 15) is 19.7 Å². The molecule has 1 N–H and O–H groups in total. The van der Waals surface area contributed by atoms with Gasteiger partial charge in [0.1, 0.15) is 0 Å². The van der Waals surface area contributed by atoms with Crippen molar-refractivity contribution in [3.8, 4) is 0 Å². The molecule has 0 bridgehead atoms. The van der Waals surface area contributed by atoms with Crippen LogP contribution in [0, 0.1) is 16.0 Å². The summed E-state index contributed by atoms with van der Waals surface area (Å²) in [5.74, 6) is -2.14. The van der Waals surface area contributed by atoms with Gasteiger partial charge in [-0.3, -0.25) is 19.7 Å². The molecule has 0 amide bonds. The Hall–Kier alpha value is -1.92. The molecule has 18 heavy (non-hydrogen) atoms.